The Morgan fingerprint density at radius 1 is 1.11 bits per heavy atom. The first-order valence-corrected chi connectivity index (χ1v) is 15.2. The summed E-state index contributed by atoms with van der Waals surface area (Å²) in [6, 6.07) is 15.6. The maximum absolute atomic E-state index is 9.97. The molecule has 0 radical (unpaired) electrons. The zero-order valence-corrected chi connectivity index (χ0v) is 25.9. The van der Waals surface area contributed by atoms with Crippen molar-refractivity contribution in [3.05, 3.63) is 94.6 Å². The zero-order chi connectivity index (χ0) is 31.4. The molecule has 2 heterocycles. The monoisotopic (exact) mass is 624 g/mol. The second-order valence-corrected chi connectivity index (χ2v) is 12.7. The third kappa shape index (κ3) is 6.48. The predicted molar refractivity (Wildman–Crippen MR) is 167 cm³/mol. The Labute approximate surface area is 262 Å². The Morgan fingerprint density at radius 3 is 2.52 bits per heavy atom. The van der Waals surface area contributed by atoms with Gasteiger partial charge in [-0.1, -0.05) is 85.2 Å². The number of hydrogen-bond donors (Lipinski definition) is 5. The Bertz CT molecular complexity index is 1460. The van der Waals surface area contributed by atoms with Gasteiger partial charge in [-0.05, 0) is 35.3 Å². The third-order valence-corrected chi connectivity index (χ3v) is 9.31. The van der Waals surface area contributed by atoms with Crippen LogP contribution < -0.4 is 10.1 Å². The molecule has 0 saturated carbocycles. The van der Waals surface area contributed by atoms with Crippen LogP contribution in [0.25, 0.3) is 5.57 Å². The van der Waals surface area contributed by atoms with Crippen molar-refractivity contribution in [1.29, 1.82) is 0 Å². The van der Waals surface area contributed by atoms with E-state index < -0.39 is 36.2 Å². The molecule has 11 heteroatoms. The molecule has 236 valence electrons. The molecule has 1 fully saturated rings. The molecule has 2 aliphatic rings. The van der Waals surface area contributed by atoms with Gasteiger partial charge in [-0.3, -0.25) is 4.90 Å². The largest absolute Gasteiger partial charge is 0.491 e. The van der Waals surface area contributed by atoms with Gasteiger partial charge in [0.25, 0.3) is 0 Å². The summed E-state index contributed by atoms with van der Waals surface area (Å²) < 4.78 is 12.2. The van der Waals surface area contributed by atoms with Crippen molar-refractivity contribution in [2.45, 2.75) is 50.4 Å². The van der Waals surface area contributed by atoms with Gasteiger partial charge in [0.15, 0.2) is 5.82 Å². The normalized spacial score (nSPS) is 21.9. The van der Waals surface area contributed by atoms with Gasteiger partial charge in [-0.15, -0.1) is 0 Å². The fourth-order valence-electron chi connectivity index (χ4n) is 5.91. The average Bonchev–Trinajstić information content (AvgIpc) is 3.67. The number of aliphatic hydroxyl groups excluding tert-OH is 4. The summed E-state index contributed by atoms with van der Waals surface area (Å²) in [6.07, 6.45) is 6.57. The van der Waals surface area contributed by atoms with Crippen LogP contribution in [0.4, 0.5) is 0 Å². The lowest BCUT2D eigenvalue weighted by Crippen LogP contribution is -2.54. The van der Waals surface area contributed by atoms with E-state index in [0.29, 0.717) is 35.6 Å². The van der Waals surface area contributed by atoms with Gasteiger partial charge in [0.05, 0.1) is 48.4 Å². The molecule has 1 aromatic heterocycles. The molecule has 0 bridgehead atoms. The van der Waals surface area contributed by atoms with Crippen LogP contribution in [0.2, 0.25) is 5.02 Å². The number of nitrogens with one attached hydrogen (secondary N) is 1. The standard InChI is InChI=1S/C33H41ClN4O6/c1-31(2)26(24-7-4-3-5-8-24)9-6-13-33(31,30-36-29(44-37-30)18-38-14-12-25(42)17-38)22-43-28-11-10-23(15-27(28)34)16-35-32(19-39,20-40)21-41/h3-11,13,15,25,35,39-42H,12,14,16-22H2,1-2H3/t25?,33-/m0/s1. The first-order valence-electron chi connectivity index (χ1n) is 14.8. The van der Waals surface area contributed by atoms with Crippen LogP contribution in [0.5, 0.6) is 5.75 Å². The quantitative estimate of drug-likeness (QED) is 0.192. The van der Waals surface area contributed by atoms with Gasteiger partial charge in [-0.2, -0.15) is 4.98 Å². The molecule has 3 aromatic rings. The highest BCUT2D eigenvalue weighted by Crippen LogP contribution is 2.53. The van der Waals surface area contributed by atoms with Crippen LogP contribution in [0.1, 0.15) is 43.1 Å². The van der Waals surface area contributed by atoms with Crippen LogP contribution in [0.15, 0.2) is 71.3 Å². The summed E-state index contributed by atoms with van der Waals surface area (Å²) in [5.41, 5.74) is 0.415. The van der Waals surface area contributed by atoms with Crippen molar-refractivity contribution in [2.75, 3.05) is 39.5 Å². The zero-order valence-electron chi connectivity index (χ0n) is 25.1. The summed E-state index contributed by atoms with van der Waals surface area (Å²) in [6.45, 7) is 5.28. The number of ether oxygens (including phenoxy) is 1. The highest BCUT2D eigenvalue weighted by atomic mass is 35.5. The van der Waals surface area contributed by atoms with Crippen molar-refractivity contribution in [1.82, 2.24) is 20.4 Å². The van der Waals surface area contributed by atoms with Gasteiger partial charge < -0.3 is 35.0 Å². The molecule has 1 aliphatic carbocycles. The van der Waals surface area contributed by atoms with Gasteiger partial charge in [0.1, 0.15) is 12.4 Å². The summed E-state index contributed by atoms with van der Waals surface area (Å²) in [7, 11) is 0. The fraction of sp³-hybridized carbons (Fsp3) is 0.455. The Morgan fingerprint density at radius 2 is 1.86 bits per heavy atom. The molecule has 5 rings (SSSR count). The van der Waals surface area contributed by atoms with Crippen molar-refractivity contribution < 1.29 is 29.7 Å². The highest BCUT2D eigenvalue weighted by molar-refractivity contribution is 6.32. The summed E-state index contributed by atoms with van der Waals surface area (Å²) in [4.78, 5) is 6.98. The number of aliphatic hydroxyl groups is 4. The van der Waals surface area contributed by atoms with E-state index in [2.05, 4.69) is 53.5 Å². The number of β-amino-alcohol motifs (C(OH)–C–C–N with tert-alkyl or cyclic N) is 1. The van der Waals surface area contributed by atoms with Gasteiger partial charge in [0.2, 0.25) is 5.89 Å². The lowest BCUT2D eigenvalue weighted by molar-refractivity contribution is 0.0414. The minimum Gasteiger partial charge on any atom is -0.491 e. The predicted octanol–water partition coefficient (Wildman–Crippen LogP) is 3.09. The van der Waals surface area contributed by atoms with Crippen LogP contribution in [-0.2, 0) is 18.5 Å². The van der Waals surface area contributed by atoms with E-state index in [1.807, 2.05) is 30.3 Å². The molecule has 44 heavy (non-hydrogen) atoms. The molecule has 1 aliphatic heterocycles. The molecular formula is C33H41ClN4O6. The summed E-state index contributed by atoms with van der Waals surface area (Å²) >= 11 is 6.69. The number of aromatic nitrogens is 2. The Kier molecular flexibility index (Phi) is 9.91. The van der Waals surface area contributed by atoms with E-state index in [1.165, 1.54) is 0 Å². The molecule has 10 nitrogen and oxygen atoms in total. The lowest BCUT2D eigenvalue weighted by Gasteiger charge is -2.46. The van der Waals surface area contributed by atoms with Crippen LogP contribution in [0, 0.1) is 5.41 Å². The second-order valence-electron chi connectivity index (χ2n) is 12.3. The number of rotatable bonds is 13. The number of allylic oxidation sites excluding steroid dienone is 3. The molecule has 1 unspecified atom stereocenters. The number of nitrogens with zero attached hydrogens (tertiary/aromatic N) is 3. The van der Waals surface area contributed by atoms with Crippen molar-refractivity contribution in [2.24, 2.45) is 5.41 Å². The minimum atomic E-state index is -1.20. The van der Waals surface area contributed by atoms with Crippen LogP contribution >= 0.6 is 11.6 Å². The SMILES string of the molecule is CC1(C)C(c2ccccc2)=CC=C[C@]1(COc1ccc(CNC(CO)(CO)CO)cc1Cl)c1noc(CN2CCC(O)C2)n1. The smallest absolute Gasteiger partial charge is 0.240 e. The molecule has 0 amide bonds. The molecule has 2 aromatic carbocycles. The number of halogens is 1. The van der Waals surface area contributed by atoms with Crippen molar-refractivity contribution >= 4 is 17.2 Å². The summed E-state index contributed by atoms with van der Waals surface area (Å²) in [5, 5.41) is 46.7. The Balaban J connectivity index is 1.42. The molecule has 0 spiro atoms. The Hall–Kier alpha value is -3.09. The van der Waals surface area contributed by atoms with Crippen molar-refractivity contribution in [3.63, 3.8) is 0 Å². The van der Waals surface area contributed by atoms with E-state index in [4.69, 9.17) is 25.8 Å². The summed E-state index contributed by atoms with van der Waals surface area (Å²) in [5.74, 6) is 1.45. The minimum absolute atomic E-state index is 0.169. The molecular weight excluding hydrogens is 584 g/mol. The van der Waals surface area contributed by atoms with Crippen molar-refractivity contribution in [3.8, 4) is 5.75 Å². The highest BCUT2D eigenvalue weighted by Gasteiger charge is 2.52. The maximum Gasteiger partial charge on any atom is 0.240 e. The van der Waals surface area contributed by atoms with E-state index in [0.717, 1.165) is 29.7 Å². The van der Waals surface area contributed by atoms with Crippen LogP contribution in [0.3, 0.4) is 0 Å². The van der Waals surface area contributed by atoms with E-state index >= 15 is 0 Å². The van der Waals surface area contributed by atoms with E-state index in [1.54, 1.807) is 12.1 Å². The van der Waals surface area contributed by atoms with Gasteiger partial charge in [0, 0.05) is 25.0 Å². The third-order valence-electron chi connectivity index (χ3n) is 9.02. The fourth-order valence-corrected chi connectivity index (χ4v) is 6.16. The van der Waals surface area contributed by atoms with E-state index in [9.17, 15) is 20.4 Å². The topological polar surface area (TPSA) is 144 Å². The lowest BCUT2D eigenvalue weighted by atomic mass is 9.58. The van der Waals surface area contributed by atoms with Gasteiger partial charge >= 0.3 is 0 Å². The average molecular weight is 625 g/mol. The maximum atomic E-state index is 9.97. The molecule has 5 N–H and O–H groups in total. The first kappa shape index (κ1) is 32.3. The molecule has 2 atom stereocenters. The second kappa shape index (κ2) is 13.5. The van der Waals surface area contributed by atoms with Crippen LogP contribution in [-0.4, -0.2) is 86.6 Å². The first-order chi connectivity index (χ1) is 21.1. The number of hydrogen-bond acceptors (Lipinski definition) is 10. The molecule has 1 saturated heterocycles. The number of likely N-dealkylation sites (tertiary alicyclic amines) is 1. The number of benzene rings is 2. The van der Waals surface area contributed by atoms with Gasteiger partial charge in [-0.25, -0.2) is 0 Å². The van der Waals surface area contributed by atoms with E-state index in [-0.39, 0.29) is 19.3 Å².